The van der Waals surface area contributed by atoms with Gasteiger partial charge in [0.15, 0.2) is 0 Å². The molecule has 0 heterocycles. The molecule has 0 aliphatic rings. The molecule has 0 saturated carbocycles. The Balaban J connectivity index is 1.55. The van der Waals surface area contributed by atoms with Crippen LogP contribution in [-0.2, 0) is 21.4 Å². The van der Waals surface area contributed by atoms with E-state index in [1.165, 1.54) is 31.2 Å². The van der Waals surface area contributed by atoms with Crippen LogP contribution in [0.1, 0.15) is 12.5 Å². The highest BCUT2D eigenvalue weighted by atomic mass is 35.5. The predicted octanol–water partition coefficient (Wildman–Crippen LogP) is 4.22. The van der Waals surface area contributed by atoms with E-state index in [1.807, 2.05) is 30.3 Å². The summed E-state index contributed by atoms with van der Waals surface area (Å²) in [5.74, 6) is 0.179. The highest BCUT2D eigenvalue weighted by molar-refractivity contribution is 7.89. The summed E-state index contributed by atoms with van der Waals surface area (Å²) < 4.78 is 32.9. The van der Waals surface area contributed by atoms with Gasteiger partial charge in [0.2, 0.25) is 15.9 Å². The molecule has 0 aromatic heterocycles. The van der Waals surface area contributed by atoms with E-state index in [-0.39, 0.29) is 4.90 Å². The highest BCUT2D eigenvalue weighted by Crippen LogP contribution is 2.18. The Labute approximate surface area is 180 Å². The molecule has 3 aromatic rings. The summed E-state index contributed by atoms with van der Waals surface area (Å²) in [6, 6.07) is 21.4. The lowest BCUT2D eigenvalue weighted by Gasteiger charge is -2.15. The van der Waals surface area contributed by atoms with Crippen LogP contribution in [0.2, 0.25) is 5.02 Å². The van der Waals surface area contributed by atoms with E-state index >= 15 is 0 Å². The molecule has 0 fully saturated rings. The maximum absolute atomic E-state index is 12.4. The zero-order valence-corrected chi connectivity index (χ0v) is 17.8. The number of benzene rings is 3. The zero-order valence-electron chi connectivity index (χ0n) is 16.2. The van der Waals surface area contributed by atoms with Gasteiger partial charge in [-0.3, -0.25) is 4.79 Å². The van der Waals surface area contributed by atoms with Gasteiger partial charge in [-0.15, -0.1) is 0 Å². The first-order valence-electron chi connectivity index (χ1n) is 9.19. The van der Waals surface area contributed by atoms with Gasteiger partial charge < -0.3 is 10.1 Å². The van der Waals surface area contributed by atoms with Gasteiger partial charge in [-0.2, -0.15) is 4.72 Å². The van der Waals surface area contributed by atoms with Crippen molar-refractivity contribution in [1.82, 2.24) is 4.72 Å². The van der Waals surface area contributed by atoms with Crippen molar-refractivity contribution in [3.05, 3.63) is 89.4 Å². The minimum absolute atomic E-state index is 0.0338. The number of sulfonamides is 1. The first-order valence-corrected chi connectivity index (χ1v) is 11.1. The molecule has 3 rings (SSSR count). The molecule has 3 aromatic carbocycles. The minimum atomic E-state index is -3.84. The Morgan fingerprint density at radius 3 is 2.23 bits per heavy atom. The summed E-state index contributed by atoms with van der Waals surface area (Å²) in [4.78, 5) is 12.4. The molecule has 156 valence electrons. The van der Waals surface area contributed by atoms with Gasteiger partial charge in [-0.1, -0.05) is 41.9 Å². The van der Waals surface area contributed by atoms with Crippen LogP contribution in [-0.4, -0.2) is 20.4 Å². The van der Waals surface area contributed by atoms with Crippen molar-refractivity contribution in [3.8, 4) is 5.75 Å². The fourth-order valence-corrected chi connectivity index (χ4v) is 3.92. The maximum atomic E-state index is 12.4. The number of amides is 1. The van der Waals surface area contributed by atoms with Crippen molar-refractivity contribution in [2.75, 3.05) is 5.32 Å². The number of hydrogen-bond donors (Lipinski definition) is 2. The second-order valence-electron chi connectivity index (χ2n) is 6.58. The van der Waals surface area contributed by atoms with Crippen LogP contribution in [0.4, 0.5) is 5.69 Å². The predicted molar refractivity (Wildman–Crippen MR) is 117 cm³/mol. The minimum Gasteiger partial charge on any atom is -0.489 e. The number of rotatable bonds is 8. The lowest BCUT2D eigenvalue weighted by molar-refractivity contribution is -0.117. The number of carbonyl (C=O) groups excluding carboxylic acids is 1. The van der Waals surface area contributed by atoms with E-state index in [0.717, 1.165) is 5.56 Å². The molecule has 0 aliphatic carbocycles. The van der Waals surface area contributed by atoms with E-state index in [0.29, 0.717) is 23.1 Å². The quantitative estimate of drug-likeness (QED) is 0.544. The summed E-state index contributed by atoms with van der Waals surface area (Å²) in [6.07, 6.45) is 0. The first kappa shape index (κ1) is 21.8. The fraction of sp³-hybridized carbons (Fsp3) is 0.136. The van der Waals surface area contributed by atoms with Crippen molar-refractivity contribution in [2.24, 2.45) is 0 Å². The lowest BCUT2D eigenvalue weighted by Crippen LogP contribution is -2.41. The second kappa shape index (κ2) is 9.75. The maximum Gasteiger partial charge on any atom is 0.242 e. The number of nitrogens with one attached hydrogen (secondary N) is 2. The Hall–Kier alpha value is -2.87. The van der Waals surface area contributed by atoms with Crippen molar-refractivity contribution in [2.45, 2.75) is 24.5 Å². The molecule has 0 aliphatic heterocycles. The third kappa shape index (κ3) is 6.06. The van der Waals surface area contributed by atoms with Crippen LogP contribution in [0.15, 0.2) is 83.8 Å². The summed E-state index contributed by atoms with van der Waals surface area (Å²) in [5.41, 5.74) is 1.58. The molecule has 8 heteroatoms. The number of anilines is 1. The van der Waals surface area contributed by atoms with Crippen LogP contribution >= 0.6 is 11.6 Å². The number of hydrogen-bond acceptors (Lipinski definition) is 4. The molecule has 30 heavy (non-hydrogen) atoms. The van der Waals surface area contributed by atoms with E-state index in [4.69, 9.17) is 16.3 Å². The first-order chi connectivity index (χ1) is 14.3. The van der Waals surface area contributed by atoms with Gasteiger partial charge in [0.25, 0.3) is 0 Å². The number of ether oxygens (including phenoxy) is 1. The Kier molecular flexibility index (Phi) is 7.10. The third-order valence-electron chi connectivity index (χ3n) is 4.22. The Morgan fingerprint density at radius 1 is 0.967 bits per heavy atom. The van der Waals surface area contributed by atoms with Crippen molar-refractivity contribution >= 4 is 33.2 Å². The third-order valence-corrected chi connectivity index (χ3v) is 6.03. The molecule has 1 atom stereocenters. The van der Waals surface area contributed by atoms with Crippen molar-refractivity contribution in [3.63, 3.8) is 0 Å². The summed E-state index contributed by atoms with van der Waals surface area (Å²) in [5, 5.41) is 3.11. The van der Waals surface area contributed by atoms with Gasteiger partial charge in [0.1, 0.15) is 12.4 Å². The fourth-order valence-electron chi connectivity index (χ4n) is 2.59. The van der Waals surface area contributed by atoms with Crippen LogP contribution in [0, 0.1) is 0 Å². The normalized spacial score (nSPS) is 12.2. The number of halogens is 1. The highest BCUT2D eigenvalue weighted by Gasteiger charge is 2.22. The van der Waals surface area contributed by atoms with Crippen LogP contribution < -0.4 is 14.8 Å². The van der Waals surface area contributed by atoms with Crippen LogP contribution in [0.3, 0.4) is 0 Å². The summed E-state index contributed by atoms with van der Waals surface area (Å²) >= 11 is 5.78. The molecule has 6 nitrogen and oxygen atoms in total. The summed E-state index contributed by atoms with van der Waals surface area (Å²) in [7, 11) is -3.84. The molecule has 0 spiro atoms. The average Bonchev–Trinajstić information content (AvgIpc) is 2.74. The Bertz CT molecular complexity index is 1090. The zero-order chi connectivity index (χ0) is 21.6. The van der Waals surface area contributed by atoms with E-state index in [2.05, 4.69) is 10.0 Å². The standard InChI is InChI=1S/C22H21ClN2O4S/c1-16(25-30(27,28)21-13-7-18(23)8-14-21)22(26)24-19-9-11-20(12-10-19)29-15-17-5-3-2-4-6-17/h2-14,16,25H,15H2,1H3,(H,24,26)/t16-/m0/s1. The van der Waals surface area contributed by atoms with Gasteiger partial charge in [0.05, 0.1) is 10.9 Å². The van der Waals surface area contributed by atoms with Gasteiger partial charge in [-0.25, -0.2) is 8.42 Å². The van der Waals surface area contributed by atoms with E-state index in [1.54, 1.807) is 24.3 Å². The van der Waals surface area contributed by atoms with Crippen molar-refractivity contribution < 1.29 is 17.9 Å². The molecule has 1 amide bonds. The van der Waals surface area contributed by atoms with E-state index < -0.39 is 22.0 Å². The van der Waals surface area contributed by atoms with E-state index in [9.17, 15) is 13.2 Å². The molecular weight excluding hydrogens is 424 g/mol. The van der Waals surface area contributed by atoms with Gasteiger partial charge in [-0.05, 0) is 61.0 Å². The number of carbonyl (C=O) groups is 1. The molecule has 0 radical (unpaired) electrons. The topological polar surface area (TPSA) is 84.5 Å². The SMILES string of the molecule is C[C@H](NS(=O)(=O)c1ccc(Cl)cc1)C(=O)Nc1ccc(OCc2ccccc2)cc1. The Morgan fingerprint density at radius 2 is 1.60 bits per heavy atom. The lowest BCUT2D eigenvalue weighted by atomic mass is 10.2. The molecule has 0 saturated heterocycles. The smallest absolute Gasteiger partial charge is 0.242 e. The second-order valence-corrected chi connectivity index (χ2v) is 8.74. The molecular formula is C22H21ClN2O4S. The monoisotopic (exact) mass is 444 g/mol. The van der Waals surface area contributed by atoms with Crippen LogP contribution in [0.5, 0.6) is 5.75 Å². The molecule has 0 bridgehead atoms. The van der Waals surface area contributed by atoms with Gasteiger partial charge >= 0.3 is 0 Å². The average molecular weight is 445 g/mol. The summed E-state index contributed by atoms with van der Waals surface area (Å²) in [6.45, 7) is 1.91. The van der Waals surface area contributed by atoms with Crippen LogP contribution in [0.25, 0.3) is 0 Å². The molecule has 2 N–H and O–H groups in total. The van der Waals surface area contributed by atoms with Crippen molar-refractivity contribution in [1.29, 1.82) is 0 Å². The molecule has 0 unspecified atom stereocenters. The van der Waals surface area contributed by atoms with Gasteiger partial charge in [0, 0.05) is 10.7 Å². The largest absolute Gasteiger partial charge is 0.489 e.